The van der Waals surface area contributed by atoms with E-state index >= 15 is 0 Å². The van der Waals surface area contributed by atoms with Crippen molar-refractivity contribution >= 4 is 22.6 Å². The van der Waals surface area contributed by atoms with Gasteiger partial charge in [0, 0.05) is 5.69 Å². The monoisotopic (exact) mass is 307 g/mol. The number of anilines is 1. The van der Waals surface area contributed by atoms with Gasteiger partial charge in [-0.05, 0) is 37.6 Å². The van der Waals surface area contributed by atoms with Crippen LogP contribution in [-0.4, -0.2) is 15.5 Å². The molecule has 0 saturated heterocycles. The quantitative estimate of drug-likeness (QED) is 0.809. The molecular weight excluding hydrogens is 290 g/mol. The lowest BCUT2D eigenvalue weighted by Gasteiger charge is -2.12. The summed E-state index contributed by atoms with van der Waals surface area (Å²) in [5.74, 6) is -0.240. The molecule has 0 fully saturated rings. The van der Waals surface area contributed by atoms with Gasteiger partial charge in [0.25, 0.3) is 5.56 Å². The second kappa shape index (κ2) is 6.04. The third-order valence-corrected chi connectivity index (χ3v) is 3.71. The zero-order chi connectivity index (χ0) is 16.4. The molecule has 2 aromatic carbocycles. The van der Waals surface area contributed by atoms with Gasteiger partial charge < -0.3 is 5.32 Å². The van der Waals surface area contributed by atoms with Crippen molar-refractivity contribution < 1.29 is 4.79 Å². The van der Waals surface area contributed by atoms with E-state index in [1.807, 2.05) is 50.2 Å². The molecule has 5 heteroatoms. The van der Waals surface area contributed by atoms with E-state index in [0.29, 0.717) is 11.0 Å². The lowest BCUT2D eigenvalue weighted by atomic mass is 10.1. The Labute approximate surface area is 133 Å². The lowest BCUT2D eigenvalue weighted by Crippen LogP contribution is -2.28. The minimum atomic E-state index is -0.292. The summed E-state index contributed by atoms with van der Waals surface area (Å²) in [6.45, 7) is 3.90. The molecule has 5 nitrogen and oxygen atoms in total. The first-order valence-corrected chi connectivity index (χ1v) is 7.36. The summed E-state index contributed by atoms with van der Waals surface area (Å²) < 4.78 is 1.43. The Morgan fingerprint density at radius 2 is 1.96 bits per heavy atom. The highest BCUT2D eigenvalue weighted by molar-refractivity contribution is 5.92. The van der Waals surface area contributed by atoms with E-state index in [4.69, 9.17) is 0 Å². The van der Waals surface area contributed by atoms with Crippen LogP contribution in [0, 0.1) is 13.8 Å². The van der Waals surface area contributed by atoms with Crippen molar-refractivity contribution in [2.24, 2.45) is 0 Å². The minimum absolute atomic E-state index is 0.0464. The summed E-state index contributed by atoms with van der Waals surface area (Å²) in [7, 11) is 0. The average molecular weight is 307 g/mol. The maximum atomic E-state index is 12.3. The zero-order valence-electron chi connectivity index (χ0n) is 13.0. The second-order valence-electron chi connectivity index (χ2n) is 5.54. The summed E-state index contributed by atoms with van der Waals surface area (Å²) in [6.07, 6.45) is 1.24. The molecule has 1 N–H and O–H groups in total. The number of aryl methyl sites for hydroxylation is 2. The number of nitrogens with zero attached hydrogens (tertiary/aromatic N) is 2. The van der Waals surface area contributed by atoms with Crippen LogP contribution in [0.1, 0.15) is 11.1 Å². The van der Waals surface area contributed by atoms with Gasteiger partial charge in [0.1, 0.15) is 6.54 Å². The fourth-order valence-electron chi connectivity index (χ4n) is 2.57. The number of nitrogens with one attached hydrogen (secondary N) is 1. The van der Waals surface area contributed by atoms with E-state index in [1.54, 1.807) is 6.07 Å². The van der Waals surface area contributed by atoms with Crippen LogP contribution in [0.15, 0.2) is 53.5 Å². The Morgan fingerprint density at radius 1 is 1.17 bits per heavy atom. The molecule has 1 amide bonds. The van der Waals surface area contributed by atoms with Crippen molar-refractivity contribution in [2.45, 2.75) is 20.4 Å². The highest BCUT2D eigenvalue weighted by atomic mass is 16.2. The number of carbonyl (C=O) groups excluding carboxylic acids is 1. The van der Waals surface area contributed by atoms with Crippen molar-refractivity contribution in [1.82, 2.24) is 9.55 Å². The Morgan fingerprint density at radius 3 is 2.74 bits per heavy atom. The van der Waals surface area contributed by atoms with E-state index in [1.165, 1.54) is 10.8 Å². The van der Waals surface area contributed by atoms with Crippen molar-refractivity contribution in [3.8, 4) is 0 Å². The van der Waals surface area contributed by atoms with Crippen LogP contribution >= 0.6 is 0 Å². The summed E-state index contributed by atoms with van der Waals surface area (Å²) >= 11 is 0. The Balaban J connectivity index is 1.89. The summed E-state index contributed by atoms with van der Waals surface area (Å²) in [5.41, 5.74) is 3.93. The lowest BCUT2D eigenvalue weighted by molar-refractivity contribution is -0.116. The minimum Gasteiger partial charge on any atom is -0.324 e. The maximum absolute atomic E-state index is 12.3. The third-order valence-electron chi connectivity index (χ3n) is 3.71. The van der Waals surface area contributed by atoms with Crippen LogP contribution in [0.3, 0.4) is 0 Å². The molecule has 0 spiro atoms. The van der Waals surface area contributed by atoms with E-state index in [-0.39, 0.29) is 18.0 Å². The fraction of sp³-hybridized carbons (Fsp3) is 0.167. The van der Waals surface area contributed by atoms with Gasteiger partial charge in [0.15, 0.2) is 0 Å². The average Bonchev–Trinajstić information content (AvgIpc) is 2.53. The van der Waals surface area contributed by atoms with Crippen molar-refractivity contribution in [3.05, 3.63) is 70.1 Å². The predicted molar refractivity (Wildman–Crippen MR) is 90.5 cm³/mol. The molecule has 0 saturated carbocycles. The normalized spacial score (nSPS) is 10.7. The van der Waals surface area contributed by atoms with Gasteiger partial charge in [-0.2, -0.15) is 0 Å². The van der Waals surface area contributed by atoms with Crippen molar-refractivity contribution in [1.29, 1.82) is 0 Å². The Hall–Kier alpha value is -2.95. The van der Waals surface area contributed by atoms with Crippen LogP contribution in [0.4, 0.5) is 5.69 Å². The molecule has 1 heterocycles. The fourth-order valence-corrected chi connectivity index (χ4v) is 2.57. The number of amides is 1. The number of fused-ring (bicyclic) bond motifs is 1. The summed E-state index contributed by atoms with van der Waals surface area (Å²) in [4.78, 5) is 28.5. The van der Waals surface area contributed by atoms with E-state index in [2.05, 4.69) is 10.3 Å². The van der Waals surface area contributed by atoms with Crippen LogP contribution in [0.25, 0.3) is 11.0 Å². The van der Waals surface area contributed by atoms with E-state index in [9.17, 15) is 9.59 Å². The van der Waals surface area contributed by atoms with Gasteiger partial charge in [-0.3, -0.25) is 14.2 Å². The predicted octanol–water partition coefficient (Wildman–Crippen LogP) is 2.65. The molecule has 0 atom stereocenters. The molecule has 0 aliphatic heterocycles. The molecule has 23 heavy (non-hydrogen) atoms. The van der Waals surface area contributed by atoms with Gasteiger partial charge in [-0.1, -0.05) is 29.8 Å². The van der Waals surface area contributed by atoms with Crippen molar-refractivity contribution in [3.63, 3.8) is 0 Å². The smallest absolute Gasteiger partial charge is 0.269 e. The Bertz CT molecular complexity index is 944. The molecule has 3 rings (SSSR count). The standard InChI is InChI=1S/C18H17N3O2/c1-12-7-8-14(13(2)9-12)20-17(22)11-21-16-6-4-3-5-15(16)19-10-18(21)23/h3-10H,11H2,1-2H3,(H,20,22). The van der Waals surface area contributed by atoms with Gasteiger partial charge in [0.05, 0.1) is 17.2 Å². The number of para-hydroxylation sites is 2. The van der Waals surface area contributed by atoms with Gasteiger partial charge in [-0.25, -0.2) is 4.98 Å². The molecule has 0 aliphatic rings. The first-order chi connectivity index (χ1) is 11.0. The first kappa shape index (κ1) is 15.0. The molecule has 0 radical (unpaired) electrons. The largest absolute Gasteiger partial charge is 0.324 e. The van der Waals surface area contributed by atoms with Crippen LogP contribution in [-0.2, 0) is 11.3 Å². The molecule has 116 valence electrons. The van der Waals surface area contributed by atoms with E-state index in [0.717, 1.165) is 16.8 Å². The number of hydrogen-bond acceptors (Lipinski definition) is 3. The van der Waals surface area contributed by atoms with Crippen LogP contribution in [0.5, 0.6) is 0 Å². The molecule has 3 aromatic rings. The maximum Gasteiger partial charge on any atom is 0.269 e. The Kier molecular flexibility index (Phi) is 3.93. The summed E-state index contributed by atoms with van der Waals surface area (Å²) in [5, 5.41) is 2.86. The topological polar surface area (TPSA) is 64.0 Å². The highest BCUT2D eigenvalue weighted by Crippen LogP contribution is 2.16. The van der Waals surface area contributed by atoms with Gasteiger partial charge >= 0.3 is 0 Å². The molecule has 1 aromatic heterocycles. The van der Waals surface area contributed by atoms with Crippen LogP contribution < -0.4 is 10.9 Å². The number of rotatable bonds is 3. The molecule has 0 unspecified atom stereocenters. The SMILES string of the molecule is Cc1ccc(NC(=O)Cn2c(=O)cnc3ccccc32)c(C)c1. The number of carbonyl (C=O) groups is 1. The number of aromatic nitrogens is 2. The first-order valence-electron chi connectivity index (χ1n) is 7.36. The highest BCUT2D eigenvalue weighted by Gasteiger charge is 2.10. The van der Waals surface area contributed by atoms with E-state index < -0.39 is 0 Å². The molecular formula is C18H17N3O2. The number of hydrogen-bond donors (Lipinski definition) is 1. The van der Waals surface area contributed by atoms with Crippen molar-refractivity contribution in [2.75, 3.05) is 5.32 Å². The second-order valence-corrected chi connectivity index (χ2v) is 5.54. The van der Waals surface area contributed by atoms with Crippen LogP contribution in [0.2, 0.25) is 0 Å². The molecule has 0 aliphatic carbocycles. The third kappa shape index (κ3) is 3.13. The zero-order valence-corrected chi connectivity index (χ0v) is 13.0. The van der Waals surface area contributed by atoms with Gasteiger partial charge in [0.2, 0.25) is 5.91 Å². The summed E-state index contributed by atoms with van der Waals surface area (Å²) in [6, 6.07) is 13.1. The van der Waals surface area contributed by atoms with Gasteiger partial charge in [-0.15, -0.1) is 0 Å². The molecule has 0 bridgehead atoms. The number of benzene rings is 2.